The minimum Gasteiger partial charge on any atom is -0.481 e. The van der Waals surface area contributed by atoms with E-state index in [9.17, 15) is 18.0 Å². The van der Waals surface area contributed by atoms with E-state index in [1.54, 1.807) is 24.3 Å². The zero-order valence-corrected chi connectivity index (χ0v) is 14.2. The van der Waals surface area contributed by atoms with Crippen LogP contribution in [-0.2, 0) is 30.6 Å². The predicted octanol–water partition coefficient (Wildman–Crippen LogP) is 0.344. The zero-order chi connectivity index (χ0) is 17.7. The molecule has 0 saturated carbocycles. The molecular formula is C16H21NO6S. The lowest BCUT2D eigenvalue weighted by Gasteiger charge is -2.34. The van der Waals surface area contributed by atoms with Crippen LogP contribution in [0.4, 0.5) is 0 Å². The summed E-state index contributed by atoms with van der Waals surface area (Å²) in [6, 6.07) is 8.95. The Hall–Kier alpha value is -1.93. The summed E-state index contributed by atoms with van der Waals surface area (Å²) in [7, 11) is -3.60. The van der Waals surface area contributed by atoms with Crippen LogP contribution in [0.15, 0.2) is 30.3 Å². The number of nitrogens with zero attached hydrogens (tertiary/aromatic N) is 1. The number of morpholine rings is 1. The number of ether oxygens (including phenoxy) is 1. The third-order valence-corrected chi connectivity index (χ3v) is 5.31. The number of amides is 1. The van der Waals surface area contributed by atoms with Crippen molar-refractivity contribution >= 4 is 21.7 Å². The first-order valence-corrected chi connectivity index (χ1v) is 9.58. The van der Waals surface area contributed by atoms with Crippen LogP contribution >= 0.6 is 0 Å². The molecule has 1 aliphatic rings. The Morgan fingerprint density at radius 3 is 2.58 bits per heavy atom. The molecule has 0 unspecified atom stereocenters. The lowest BCUT2D eigenvalue weighted by molar-refractivity contribution is -0.147. The molecule has 1 N–H and O–H groups in total. The molecule has 0 spiro atoms. The van der Waals surface area contributed by atoms with Crippen molar-refractivity contribution in [1.29, 1.82) is 0 Å². The van der Waals surface area contributed by atoms with Crippen molar-refractivity contribution in [1.82, 2.24) is 4.90 Å². The van der Waals surface area contributed by atoms with Crippen LogP contribution in [0.5, 0.6) is 0 Å². The van der Waals surface area contributed by atoms with Gasteiger partial charge in [0.1, 0.15) is 5.25 Å². The van der Waals surface area contributed by atoms with Crippen LogP contribution in [0.2, 0.25) is 0 Å². The molecule has 1 amide bonds. The number of carboxylic acids is 1. The molecule has 1 fully saturated rings. The Labute approximate surface area is 141 Å². The third kappa shape index (κ3) is 5.04. The van der Waals surface area contributed by atoms with E-state index in [-0.39, 0.29) is 32.5 Å². The SMILES string of the molecule is CS(=O)(=O)[C@H](Cc1ccccc1)C(=O)N1CCO[C@H](CC(=O)O)C1. The van der Waals surface area contributed by atoms with Crippen LogP contribution in [0.25, 0.3) is 0 Å². The number of rotatable bonds is 6. The fraction of sp³-hybridized carbons (Fsp3) is 0.500. The second-order valence-electron chi connectivity index (χ2n) is 5.88. The van der Waals surface area contributed by atoms with Gasteiger partial charge in [-0.1, -0.05) is 30.3 Å². The number of carboxylic acid groups (broad SMARTS) is 1. The molecule has 0 aromatic heterocycles. The standard InChI is InChI=1S/C16H21NO6S/c1-24(21,22)14(9-12-5-3-2-4-6-12)16(20)17-7-8-23-13(11-17)10-15(18)19/h2-6,13-14H,7-11H2,1H3,(H,18,19)/t13-,14-/m1/s1. The second kappa shape index (κ2) is 7.76. The molecule has 7 nitrogen and oxygen atoms in total. The monoisotopic (exact) mass is 355 g/mol. The first-order valence-electron chi connectivity index (χ1n) is 7.62. The fourth-order valence-corrected chi connectivity index (χ4v) is 3.70. The molecule has 1 aromatic carbocycles. The van der Waals surface area contributed by atoms with Gasteiger partial charge in [-0.15, -0.1) is 0 Å². The van der Waals surface area contributed by atoms with Crippen molar-refractivity contribution in [2.75, 3.05) is 26.0 Å². The van der Waals surface area contributed by atoms with Gasteiger partial charge in [0.15, 0.2) is 9.84 Å². The highest BCUT2D eigenvalue weighted by Gasteiger charge is 2.35. The van der Waals surface area contributed by atoms with Crippen LogP contribution in [0.3, 0.4) is 0 Å². The summed E-state index contributed by atoms with van der Waals surface area (Å²) < 4.78 is 29.5. The zero-order valence-electron chi connectivity index (χ0n) is 13.4. The van der Waals surface area contributed by atoms with Gasteiger partial charge in [0.2, 0.25) is 5.91 Å². The van der Waals surface area contributed by atoms with Crippen LogP contribution in [0.1, 0.15) is 12.0 Å². The summed E-state index contributed by atoms with van der Waals surface area (Å²) in [6.07, 6.45) is 0.316. The van der Waals surface area contributed by atoms with E-state index >= 15 is 0 Å². The average molecular weight is 355 g/mol. The van der Waals surface area contributed by atoms with E-state index in [2.05, 4.69) is 0 Å². The summed E-state index contributed by atoms with van der Waals surface area (Å²) in [5, 5.41) is 7.67. The maximum atomic E-state index is 12.7. The summed E-state index contributed by atoms with van der Waals surface area (Å²) in [4.78, 5) is 24.9. The molecule has 1 aliphatic heterocycles. The van der Waals surface area contributed by atoms with E-state index in [1.807, 2.05) is 6.07 Å². The Morgan fingerprint density at radius 1 is 1.33 bits per heavy atom. The molecule has 0 radical (unpaired) electrons. The van der Waals surface area contributed by atoms with Crippen molar-refractivity contribution in [3.63, 3.8) is 0 Å². The summed E-state index contributed by atoms with van der Waals surface area (Å²) in [5.74, 6) is -1.52. The Balaban J connectivity index is 2.14. The third-order valence-electron chi connectivity index (χ3n) is 3.91. The van der Waals surface area contributed by atoms with Crippen molar-refractivity contribution < 1.29 is 27.9 Å². The first-order chi connectivity index (χ1) is 11.3. The Morgan fingerprint density at radius 2 is 2.00 bits per heavy atom. The molecule has 24 heavy (non-hydrogen) atoms. The first kappa shape index (κ1) is 18.4. The summed E-state index contributed by atoms with van der Waals surface area (Å²) in [5.41, 5.74) is 0.761. The molecule has 1 saturated heterocycles. The quantitative estimate of drug-likeness (QED) is 0.790. The Kier molecular flexibility index (Phi) is 5.95. The molecule has 2 atom stereocenters. The number of hydrogen-bond acceptors (Lipinski definition) is 5. The fourth-order valence-electron chi connectivity index (χ4n) is 2.69. The number of sulfone groups is 1. The maximum absolute atomic E-state index is 12.7. The largest absolute Gasteiger partial charge is 0.481 e. The molecule has 2 rings (SSSR count). The second-order valence-corrected chi connectivity index (χ2v) is 8.11. The van der Waals surface area contributed by atoms with Crippen molar-refractivity contribution in [3.8, 4) is 0 Å². The molecule has 8 heteroatoms. The van der Waals surface area contributed by atoms with E-state index in [4.69, 9.17) is 9.84 Å². The molecule has 0 bridgehead atoms. The van der Waals surface area contributed by atoms with Gasteiger partial charge in [-0.3, -0.25) is 9.59 Å². The number of carbonyl (C=O) groups excluding carboxylic acids is 1. The van der Waals surface area contributed by atoms with Gasteiger partial charge in [0, 0.05) is 19.3 Å². The molecular weight excluding hydrogens is 334 g/mol. The van der Waals surface area contributed by atoms with Crippen LogP contribution in [0, 0.1) is 0 Å². The predicted molar refractivity (Wildman–Crippen MR) is 87.4 cm³/mol. The minimum atomic E-state index is -3.60. The lowest BCUT2D eigenvalue weighted by atomic mass is 10.1. The van der Waals surface area contributed by atoms with Gasteiger partial charge in [-0.2, -0.15) is 0 Å². The highest BCUT2D eigenvalue weighted by atomic mass is 32.2. The number of carbonyl (C=O) groups is 2. The maximum Gasteiger partial charge on any atom is 0.306 e. The van der Waals surface area contributed by atoms with E-state index < -0.39 is 33.1 Å². The lowest BCUT2D eigenvalue weighted by Crippen LogP contribution is -2.51. The highest BCUT2D eigenvalue weighted by Crippen LogP contribution is 2.16. The normalized spacial score (nSPS) is 19.7. The van der Waals surface area contributed by atoms with Crippen molar-refractivity contribution in [2.45, 2.75) is 24.2 Å². The van der Waals surface area contributed by atoms with E-state index in [0.29, 0.717) is 0 Å². The van der Waals surface area contributed by atoms with Crippen molar-refractivity contribution in [3.05, 3.63) is 35.9 Å². The van der Waals surface area contributed by atoms with Gasteiger partial charge in [0.05, 0.1) is 19.1 Å². The van der Waals surface area contributed by atoms with Gasteiger partial charge in [0.25, 0.3) is 0 Å². The van der Waals surface area contributed by atoms with Gasteiger partial charge < -0.3 is 14.7 Å². The number of aliphatic carboxylic acids is 1. The van der Waals surface area contributed by atoms with Crippen LogP contribution in [-0.4, -0.2) is 67.6 Å². The van der Waals surface area contributed by atoms with Crippen LogP contribution < -0.4 is 0 Å². The van der Waals surface area contributed by atoms with E-state index in [0.717, 1.165) is 11.8 Å². The summed E-state index contributed by atoms with van der Waals surface area (Å²) >= 11 is 0. The average Bonchev–Trinajstić information content (AvgIpc) is 2.51. The smallest absolute Gasteiger partial charge is 0.306 e. The van der Waals surface area contributed by atoms with Gasteiger partial charge in [-0.05, 0) is 12.0 Å². The molecule has 1 aromatic rings. The molecule has 1 heterocycles. The van der Waals surface area contributed by atoms with Gasteiger partial charge >= 0.3 is 5.97 Å². The molecule has 0 aliphatic carbocycles. The molecule has 132 valence electrons. The highest BCUT2D eigenvalue weighted by molar-refractivity contribution is 7.92. The van der Waals surface area contributed by atoms with Gasteiger partial charge in [-0.25, -0.2) is 8.42 Å². The summed E-state index contributed by atoms with van der Waals surface area (Å²) in [6.45, 7) is 0.549. The van der Waals surface area contributed by atoms with Crippen molar-refractivity contribution in [2.24, 2.45) is 0 Å². The Bertz CT molecular complexity index is 688. The van der Waals surface area contributed by atoms with E-state index in [1.165, 1.54) is 4.90 Å². The number of hydrogen-bond donors (Lipinski definition) is 1. The topological polar surface area (TPSA) is 101 Å². The number of benzene rings is 1. The minimum absolute atomic E-state index is 0.0892.